The van der Waals surface area contributed by atoms with E-state index in [9.17, 15) is 5.26 Å². The van der Waals surface area contributed by atoms with Crippen molar-refractivity contribution in [2.45, 2.75) is 31.5 Å². The minimum atomic E-state index is 0.0572. The second kappa shape index (κ2) is 7.10. The number of ether oxygens (including phenoxy) is 1. The second-order valence-electron chi connectivity index (χ2n) is 7.08. The van der Waals surface area contributed by atoms with E-state index in [2.05, 4.69) is 45.0 Å². The lowest BCUT2D eigenvalue weighted by Gasteiger charge is -2.39. The van der Waals surface area contributed by atoms with E-state index in [1.165, 1.54) is 24.1 Å². The van der Waals surface area contributed by atoms with E-state index in [-0.39, 0.29) is 6.04 Å². The number of hydrogen-bond acceptors (Lipinski definition) is 5. The molecule has 1 unspecified atom stereocenters. The Morgan fingerprint density at radius 3 is 2.62 bits per heavy atom. The number of para-hydroxylation sites is 1. The molecule has 4 rings (SSSR count). The Balaban J connectivity index is 1.44. The minimum absolute atomic E-state index is 0.0572. The summed E-state index contributed by atoms with van der Waals surface area (Å²) in [5.74, 6) is 0. The Hall–Kier alpha value is -1.61. The molecule has 1 aliphatic carbocycles. The highest BCUT2D eigenvalue weighted by atomic mass is 16.5. The Morgan fingerprint density at radius 2 is 1.88 bits per heavy atom. The molecule has 3 fully saturated rings. The van der Waals surface area contributed by atoms with Gasteiger partial charge in [-0.25, -0.2) is 0 Å². The normalized spacial score (nSPS) is 26.3. The molecule has 128 valence electrons. The van der Waals surface area contributed by atoms with Crippen LogP contribution < -0.4 is 4.90 Å². The van der Waals surface area contributed by atoms with E-state index in [1.54, 1.807) is 0 Å². The van der Waals surface area contributed by atoms with Crippen LogP contribution in [-0.2, 0) is 11.3 Å². The van der Waals surface area contributed by atoms with Gasteiger partial charge in [-0.05, 0) is 24.5 Å². The molecule has 0 spiro atoms. The van der Waals surface area contributed by atoms with Crippen molar-refractivity contribution in [3.05, 3.63) is 29.8 Å². The molecular formula is C19H26N4O. The molecule has 0 aromatic heterocycles. The molecule has 0 radical (unpaired) electrons. The van der Waals surface area contributed by atoms with Crippen LogP contribution in [0.5, 0.6) is 0 Å². The summed E-state index contributed by atoms with van der Waals surface area (Å²) >= 11 is 0. The summed E-state index contributed by atoms with van der Waals surface area (Å²) in [5, 5.41) is 9.54. The molecule has 3 aliphatic rings. The first kappa shape index (κ1) is 15.9. The Kier molecular flexibility index (Phi) is 4.70. The Morgan fingerprint density at radius 1 is 1.08 bits per heavy atom. The molecule has 2 aliphatic heterocycles. The molecule has 0 bridgehead atoms. The third kappa shape index (κ3) is 3.41. The lowest BCUT2D eigenvalue weighted by atomic mass is 10.1. The van der Waals surface area contributed by atoms with Crippen LogP contribution in [-0.4, -0.2) is 67.8 Å². The van der Waals surface area contributed by atoms with Crippen LogP contribution >= 0.6 is 0 Å². The highest BCUT2D eigenvalue weighted by Gasteiger charge is 2.37. The predicted molar refractivity (Wildman–Crippen MR) is 93.9 cm³/mol. The third-order valence-corrected chi connectivity index (χ3v) is 5.41. The molecule has 1 saturated carbocycles. The van der Waals surface area contributed by atoms with Crippen molar-refractivity contribution in [1.82, 2.24) is 9.80 Å². The van der Waals surface area contributed by atoms with Gasteiger partial charge in [-0.3, -0.25) is 9.80 Å². The minimum Gasteiger partial charge on any atom is -0.378 e. The monoisotopic (exact) mass is 326 g/mol. The van der Waals surface area contributed by atoms with Gasteiger partial charge in [0.05, 0.1) is 19.3 Å². The quantitative estimate of drug-likeness (QED) is 0.842. The van der Waals surface area contributed by atoms with Crippen molar-refractivity contribution in [3.8, 4) is 6.07 Å². The molecule has 1 aromatic carbocycles. The third-order valence-electron chi connectivity index (χ3n) is 5.41. The van der Waals surface area contributed by atoms with Crippen LogP contribution in [0.4, 0.5) is 5.69 Å². The smallest absolute Gasteiger partial charge is 0.111 e. The van der Waals surface area contributed by atoms with Crippen molar-refractivity contribution in [1.29, 1.82) is 5.26 Å². The number of rotatable bonds is 4. The predicted octanol–water partition coefficient (Wildman–Crippen LogP) is 1.70. The average molecular weight is 326 g/mol. The zero-order chi connectivity index (χ0) is 16.4. The van der Waals surface area contributed by atoms with Crippen LogP contribution in [0.2, 0.25) is 0 Å². The lowest BCUT2D eigenvalue weighted by molar-refractivity contribution is 0.0896. The van der Waals surface area contributed by atoms with Gasteiger partial charge >= 0.3 is 0 Å². The van der Waals surface area contributed by atoms with Gasteiger partial charge < -0.3 is 9.64 Å². The van der Waals surface area contributed by atoms with Gasteiger partial charge in [0.2, 0.25) is 0 Å². The van der Waals surface area contributed by atoms with E-state index in [1.807, 2.05) is 0 Å². The fourth-order valence-corrected chi connectivity index (χ4v) is 3.95. The topological polar surface area (TPSA) is 42.7 Å². The summed E-state index contributed by atoms with van der Waals surface area (Å²) in [6.45, 7) is 7.44. The molecule has 0 amide bonds. The molecule has 2 saturated heterocycles. The number of piperazine rings is 1. The van der Waals surface area contributed by atoms with Gasteiger partial charge in [-0.2, -0.15) is 5.26 Å². The van der Waals surface area contributed by atoms with Crippen LogP contribution in [0.15, 0.2) is 24.3 Å². The molecule has 5 nitrogen and oxygen atoms in total. The maximum atomic E-state index is 9.54. The maximum absolute atomic E-state index is 9.54. The Labute approximate surface area is 144 Å². The molecule has 24 heavy (non-hydrogen) atoms. The largest absolute Gasteiger partial charge is 0.378 e. The maximum Gasteiger partial charge on any atom is 0.111 e. The molecule has 2 heterocycles. The fraction of sp³-hybridized carbons (Fsp3) is 0.632. The molecular weight excluding hydrogens is 300 g/mol. The van der Waals surface area contributed by atoms with Crippen LogP contribution in [0.25, 0.3) is 0 Å². The number of nitriles is 1. The van der Waals surface area contributed by atoms with Crippen molar-refractivity contribution >= 4 is 5.69 Å². The van der Waals surface area contributed by atoms with E-state index in [0.29, 0.717) is 6.04 Å². The number of benzene rings is 1. The van der Waals surface area contributed by atoms with Gasteiger partial charge in [-0.15, -0.1) is 0 Å². The first-order valence-electron chi connectivity index (χ1n) is 9.13. The number of morpholine rings is 1. The van der Waals surface area contributed by atoms with Crippen molar-refractivity contribution in [2.75, 3.05) is 50.8 Å². The second-order valence-corrected chi connectivity index (χ2v) is 7.08. The summed E-state index contributed by atoms with van der Waals surface area (Å²) in [7, 11) is 0. The SMILES string of the molecule is N#CC1CN(Cc2ccccc2N2CCOCC2)CCN1C1CC1. The van der Waals surface area contributed by atoms with Crippen LogP contribution in [0.3, 0.4) is 0 Å². The first-order valence-corrected chi connectivity index (χ1v) is 9.13. The van der Waals surface area contributed by atoms with E-state index >= 15 is 0 Å². The highest BCUT2D eigenvalue weighted by Crippen LogP contribution is 2.31. The van der Waals surface area contributed by atoms with Crippen molar-refractivity contribution in [2.24, 2.45) is 0 Å². The summed E-state index contributed by atoms with van der Waals surface area (Å²) < 4.78 is 5.49. The molecule has 1 atom stereocenters. The lowest BCUT2D eigenvalue weighted by Crippen LogP contribution is -2.53. The first-order chi connectivity index (χ1) is 11.8. The zero-order valence-electron chi connectivity index (χ0n) is 14.2. The molecule has 5 heteroatoms. The van der Waals surface area contributed by atoms with Crippen LogP contribution in [0.1, 0.15) is 18.4 Å². The highest BCUT2D eigenvalue weighted by molar-refractivity contribution is 5.54. The molecule has 1 aromatic rings. The summed E-state index contributed by atoms with van der Waals surface area (Å²) in [6.07, 6.45) is 2.55. The summed E-state index contributed by atoms with van der Waals surface area (Å²) in [5.41, 5.74) is 2.70. The number of hydrogen-bond donors (Lipinski definition) is 0. The van der Waals surface area contributed by atoms with Gasteiger partial charge in [0.25, 0.3) is 0 Å². The summed E-state index contributed by atoms with van der Waals surface area (Å²) in [4.78, 5) is 7.30. The van der Waals surface area contributed by atoms with Crippen LogP contribution in [0, 0.1) is 11.3 Å². The van der Waals surface area contributed by atoms with Gasteiger partial charge in [-0.1, -0.05) is 18.2 Å². The number of nitrogens with zero attached hydrogens (tertiary/aromatic N) is 4. The number of anilines is 1. The zero-order valence-corrected chi connectivity index (χ0v) is 14.2. The standard InChI is InChI=1S/C19H26N4O/c20-13-18-15-21(7-8-23(18)17-5-6-17)14-16-3-1-2-4-19(16)22-9-11-24-12-10-22/h1-4,17-18H,5-12,14-15H2. The van der Waals surface area contributed by atoms with Gasteiger partial charge in [0, 0.05) is 51.0 Å². The van der Waals surface area contributed by atoms with Crippen molar-refractivity contribution < 1.29 is 4.74 Å². The summed E-state index contributed by atoms with van der Waals surface area (Å²) in [6, 6.07) is 12.0. The molecule has 0 N–H and O–H groups in total. The van der Waals surface area contributed by atoms with Crippen molar-refractivity contribution in [3.63, 3.8) is 0 Å². The van der Waals surface area contributed by atoms with Gasteiger partial charge in [0.1, 0.15) is 6.04 Å². The van der Waals surface area contributed by atoms with E-state index in [4.69, 9.17) is 4.74 Å². The van der Waals surface area contributed by atoms with E-state index < -0.39 is 0 Å². The average Bonchev–Trinajstić information content (AvgIpc) is 3.48. The Bertz CT molecular complexity index is 604. The van der Waals surface area contributed by atoms with Gasteiger partial charge in [0.15, 0.2) is 0 Å². The fourth-order valence-electron chi connectivity index (χ4n) is 3.95. The van der Waals surface area contributed by atoms with E-state index in [0.717, 1.165) is 52.5 Å².